The van der Waals surface area contributed by atoms with Crippen LogP contribution in [-0.4, -0.2) is 19.0 Å². The number of halogens is 1. The molecule has 0 unspecified atom stereocenters. The number of hydrogen-bond donors (Lipinski definition) is 2. The van der Waals surface area contributed by atoms with Crippen LogP contribution in [0.5, 0.6) is 0 Å². The average Bonchev–Trinajstić information content (AvgIpc) is 2.59. The van der Waals surface area contributed by atoms with Gasteiger partial charge in [0, 0.05) is 18.7 Å². The van der Waals surface area contributed by atoms with Crippen molar-refractivity contribution in [1.82, 2.24) is 0 Å². The van der Waals surface area contributed by atoms with Crippen molar-refractivity contribution in [3.63, 3.8) is 0 Å². The lowest BCUT2D eigenvalue weighted by Crippen LogP contribution is -2.23. The van der Waals surface area contributed by atoms with Crippen molar-refractivity contribution in [3.8, 4) is 0 Å². The molecule has 140 valence electrons. The highest BCUT2D eigenvalue weighted by Gasteiger charge is 2.16. The van der Waals surface area contributed by atoms with Gasteiger partial charge in [0.1, 0.15) is 0 Å². The highest BCUT2D eigenvalue weighted by molar-refractivity contribution is 6.34. The number of nitrogen functional groups attached to an aromatic ring is 1. The number of nitrogens with two attached hydrogens (primary N) is 1. The average molecular weight is 374 g/mol. The molecule has 2 rings (SSSR count). The van der Waals surface area contributed by atoms with E-state index in [1.54, 1.807) is 6.07 Å². The Labute approximate surface area is 161 Å². The van der Waals surface area contributed by atoms with Crippen LogP contribution in [0.4, 0.5) is 17.1 Å². The normalized spacial score (nSPS) is 11.3. The summed E-state index contributed by atoms with van der Waals surface area (Å²) >= 11 is 6.30. The minimum atomic E-state index is -0.192. The molecule has 5 heteroatoms. The molecular weight excluding hydrogens is 346 g/mol. The number of anilines is 3. The first-order chi connectivity index (χ1) is 12.2. The molecular formula is C21H28ClN3O. The second-order valence-corrected chi connectivity index (χ2v) is 7.75. The Morgan fingerprint density at radius 3 is 2.19 bits per heavy atom. The van der Waals surface area contributed by atoms with Crippen molar-refractivity contribution in [3.05, 3.63) is 52.5 Å². The van der Waals surface area contributed by atoms with Crippen LogP contribution < -0.4 is 16.0 Å². The Balaban J connectivity index is 2.27. The van der Waals surface area contributed by atoms with Crippen LogP contribution in [0.15, 0.2) is 36.4 Å². The summed E-state index contributed by atoms with van der Waals surface area (Å²) in [6.07, 6.45) is 0. The van der Waals surface area contributed by atoms with Gasteiger partial charge < -0.3 is 16.0 Å². The van der Waals surface area contributed by atoms with Crippen molar-refractivity contribution >= 4 is 34.6 Å². The summed E-state index contributed by atoms with van der Waals surface area (Å²) in [4.78, 5) is 14.7. The smallest absolute Gasteiger partial charge is 0.255 e. The van der Waals surface area contributed by atoms with Crippen molar-refractivity contribution in [2.75, 3.05) is 29.0 Å². The fraction of sp³-hybridized carbons (Fsp3) is 0.381. The Kier molecular flexibility index (Phi) is 6.19. The van der Waals surface area contributed by atoms with E-state index in [0.29, 0.717) is 22.0 Å². The van der Waals surface area contributed by atoms with E-state index in [9.17, 15) is 4.79 Å². The fourth-order valence-corrected chi connectivity index (χ4v) is 3.05. The summed E-state index contributed by atoms with van der Waals surface area (Å²) in [7, 11) is 0. The number of carbonyl (C=O) groups excluding carboxylic acids is 1. The molecule has 0 saturated heterocycles. The third-order valence-corrected chi connectivity index (χ3v) is 4.79. The number of amides is 1. The molecule has 0 radical (unpaired) electrons. The van der Waals surface area contributed by atoms with E-state index in [1.165, 1.54) is 5.56 Å². The first-order valence-electron chi connectivity index (χ1n) is 8.93. The topological polar surface area (TPSA) is 58.4 Å². The van der Waals surface area contributed by atoms with Gasteiger partial charge in [-0.2, -0.15) is 0 Å². The van der Waals surface area contributed by atoms with Crippen molar-refractivity contribution in [2.45, 2.75) is 40.0 Å². The van der Waals surface area contributed by atoms with Gasteiger partial charge in [-0.25, -0.2) is 0 Å². The van der Waals surface area contributed by atoms with E-state index in [-0.39, 0.29) is 11.3 Å². The predicted octanol–water partition coefficient (Wildman–Crippen LogP) is 5.32. The van der Waals surface area contributed by atoms with E-state index in [4.69, 9.17) is 17.3 Å². The zero-order chi connectivity index (χ0) is 19.5. The quantitative estimate of drug-likeness (QED) is 0.697. The van der Waals surface area contributed by atoms with E-state index in [1.807, 2.05) is 30.3 Å². The van der Waals surface area contributed by atoms with Crippen LogP contribution in [0.25, 0.3) is 0 Å². The monoisotopic (exact) mass is 373 g/mol. The zero-order valence-corrected chi connectivity index (χ0v) is 16.9. The van der Waals surface area contributed by atoms with Crippen LogP contribution >= 0.6 is 11.6 Å². The van der Waals surface area contributed by atoms with Gasteiger partial charge >= 0.3 is 0 Å². The maximum atomic E-state index is 12.6. The van der Waals surface area contributed by atoms with Crippen molar-refractivity contribution in [2.24, 2.45) is 0 Å². The summed E-state index contributed by atoms with van der Waals surface area (Å²) in [5.74, 6) is -0.192. The number of benzene rings is 2. The standard InChI is InChI=1S/C21H28ClN3O/c1-6-25(7-2)19-13-18(16(22)12-17(19)23)24-20(26)14-8-10-15(11-9-14)21(3,4)5/h8-13H,6-7,23H2,1-5H3,(H,24,26). The number of hydrogen-bond acceptors (Lipinski definition) is 3. The van der Waals surface area contributed by atoms with Crippen LogP contribution in [0, 0.1) is 0 Å². The molecule has 1 amide bonds. The van der Waals surface area contributed by atoms with E-state index in [2.05, 4.69) is 44.8 Å². The molecule has 3 N–H and O–H groups in total. The van der Waals surface area contributed by atoms with Gasteiger partial charge in [0.05, 0.1) is 22.1 Å². The molecule has 2 aromatic carbocycles. The second kappa shape index (κ2) is 8.00. The van der Waals surface area contributed by atoms with E-state index >= 15 is 0 Å². The Morgan fingerprint density at radius 2 is 1.69 bits per heavy atom. The van der Waals surface area contributed by atoms with Crippen LogP contribution in [0.1, 0.15) is 50.5 Å². The van der Waals surface area contributed by atoms with Crippen molar-refractivity contribution < 1.29 is 4.79 Å². The Hall–Kier alpha value is -2.20. The highest BCUT2D eigenvalue weighted by atomic mass is 35.5. The fourth-order valence-electron chi connectivity index (χ4n) is 2.83. The lowest BCUT2D eigenvalue weighted by molar-refractivity contribution is 0.102. The molecule has 26 heavy (non-hydrogen) atoms. The molecule has 0 saturated carbocycles. The maximum Gasteiger partial charge on any atom is 0.255 e. The third-order valence-electron chi connectivity index (χ3n) is 4.48. The molecule has 0 bridgehead atoms. The molecule has 0 aliphatic heterocycles. The number of carbonyl (C=O) groups is 1. The van der Waals surface area contributed by atoms with Gasteiger partial charge in [-0.1, -0.05) is 44.5 Å². The van der Waals surface area contributed by atoms with Gasteiger partial charge in [-0.3, -0.25) is 4.79 Å². The van der Waals surface area contributed by atoms with Crippen LogP contribution in [0.2, 0.25) is 5.02 Å². The molecule has 0 aliphatic rings. The van der Waals surface area contributed by atoms with E-state index in [0.717, 1.165) is 18.8 Å². The van der Waals surface area contributed by atoms with Gasteiger partial charge in [0.25, 0.3) is 5.91 Å². The second-order valence-electron chi connectivity index (χ2n) is 7.34. The third kappa shape index (κ3) is 4.50. The lowest BCUT2D eigenvalue weighted by Gasteiger charge is -2.24. The number of nitrogens with one attached hydrogen (secondary N) is 1. The minimum Gasteiger partial charge on any atom is -0.397 e. The maximum absolute atomic E-state index is 12.6. The molecule has 0 atom stereocenters. The van der Waals surface area contributed by atoms with Crippen LogP contribution in [0.3, 0.4) is 0 Å². The molecule has 0 aliphatic carbocycles. The molecule has 0 aromatic heterocycles. The van der Waals surface area contributed by atoms with Crippen LogP contribution in [-0.2, 0) is 5.41 Å². The zero-order valence-electron chi connectivity index (χ0n) is 16.2. The first-order valence-corrected chi connectivity index (χ1v) is 9.31. The molecule has 4 nitrogen and oxygen atoms in total. The number of nitrogens with zero attached hydrogens (tertiary/aromatic N) is 1. The lowest BCUT2D eigenvalue weighted by atomic mass is 9.87. The summed E-state index contributed by atoms with van der Waals surface area (Å²) in [6.45, 7) is 12.2. The largest absolute Gasteiger partial charge is 0.397 e. The summed E-state index contributed by atoms with van der Waals surface area (Å²) in [5, 5.41) is 3.33. The molecule has 2 aromatic rings. The Bertz CT molecular complexity index is 775. The summed E-state index contributed by atoms with van der Waals surface area (Å²) in [5.41, 5.74) is 9.97. The minimum absolute atomic E-state index is 0.0495. The molecule has 0 spiro atoms. The first kappa shape index (κ1) is 20.1. The molecule has 0 fully saturated rings. The van der Waals surface area contributed by atoms with Gasteiger partial charge in [-0.15, -0.1) is 0 Å². The summed E-state index contributed by atoms with van der Waals surface area (Å²) < 4.78 is 0. The predicted molar refractivity (Wildman–Crippen MR) is 113 cm³/mol. The van der Waals surface area contributed by atoms with Gasteiger partial charge in [-0.05, 0) is 49.1 Å². The Morgan fingerprint density at radius 1 is 1.12 bits per heavy atom. The number of rotatable bonds is 5. The van der Waals surface area contributed by atoms with Gasteiger partial charge in [0.15, 0.2) is 0 Å². The summed E-state index contributed by atoms with van der Waals surface area (Å²) in [6, 6.07) is 11.2. The van der Waals surface area contributed by atoms with E-state index < -0.39 is 0 Å². The van der Waals surface area contributed by atoms with Gasteiger partial charge in [0.2, 0.25) is 0 Å². The highest BCUT2D eigenvalue weighted by Crippen LogP contribution is 2.34. The van der Waals surface area contributed by atoms with Crippen molar-refractivity contribution in [1.29, 1.82) is 0 Å². The SMILES string of the molecule is CCN(CC)c1cc(NC(=O)c2ccc(C(C)(C)C)cc2)c(Cl)cc1N. The molecule has 0 heterocycles.